The number of benzene rings is 3. The maximum absolute atomic E-state index is 2.53. The van der Waals surface area contributed by atoms with Gasteiger partial charge < -0.3 is 4.90 Å². The van der Waals surface area contributed by atoms with Gasteiger partial charge >= 0.3 is 0 Å². The van der Waals surface area contributed by atoms with Gasteiger partial charge in [-0.15, -0.1) is 0 Å². The fourth-order valence-corrected chi connectivity index (χ4v) is 7.14. The number of anilines is 2. The molecule has 2 bridgehead atoms. The van der Waals surface area contributed by atoms with Crippen LogP contribution in [0.4, 0.5) is 11.4 Å². The van der Waals surface area contributed by atoms with Crippen molar-refractivity contribution in [1.29, 1.82) is 0 Å². The van der Waals surface area contributed by atoms with E-state index in [9.17, 15) is 0 Å². The van der Waals surface area contributed by atoms with Gasteiger partial charge in [-0.25, -0.2) is 4.57 Å². The molecular weight excluding hydrogens is 376 g/mol. The summed E-state index contributed by atoms with van der Waals surface area (Å²) in [6.45, 7) is 2.29. The molecule has 1 aromatic heterocycles. The summed E-state index contributed by atoms with van der Waals surface area (Å²) in [6.07, 6.45) is 8.00. The van der Waals surface area contributed by atoms with Gasteiger partial charge in [0.1, 0.15) is 7.05 Å². The van der Waals surface area contributed by atoms with E-state index < -0.39 is 0 Å². The van der Waals surface area contributed by atoms with E-state index in [-0.39, 0.29) is 0 Å². The third kappa shape index (κ3) is 2.31. The first-order valence-corrected chi connectivity index (χ1v) is 11.8. The predicted octanol–water partition coefficient (Wildman–Crippen LogP) is 6.78. The summed E-state index contributed by atoms with van der Waals surface area (Å²) >= 11 is 0. The van der Waals surface area contributed by atoms with Gasteiger partial charge in [-0.1, -0.05) is 36.8 Å². The Balaban J connectivity index is 1.54. The molecule has 2 fully saturated rings. The first-order chi connectivity index (χ1) is 15.1. The van der Waals surface area contributed by atoms with Gasteiger partial charge in [0.2, 0.25) is 5.69 Å². The van der Waals surface area contributed by atoms with Crippen LogP contribution in [-0.4, -0.2) is 7.05 Å². The molecule has 7 rings (SSSR count). The van der Waals surface area contributed by atoms with Crippen LogP contribution in [0.5, 0.6) is 0 Å². The van der Waals surface area contributed by atoms with Crippen LogP contribution in [0.1, 0.15) is 42.7 Å². The highest BCUT2D eigenvalue weighted by Crippen LogP contribution is 2.55. The molecule has 2 saturated carbocycles. The van der Waals surface area contributed by atoms with Gasteiger partial charge in [0.25, 0.3) is 0 Å². The van der Waals surface area contributed by atoms with E-state index in [4.69, 9.17) is 0 Å². The summed E-state index contributed by atoms with van der Waals surface area (Å²) in [5, 5.41) is 5.49. The number of hydrogen-bond donors (Lipinski definition) is 0. The number of aryl methyl sites for hydroxylation is 2. The van der Waals surface area contributed by atoms with Crippen LogP contribution in [0, 0.1) is 18.8 Å². The highest BCUT2D eigenvalue weighted by Gasteiger charge is 2.41. The fourth-order valence-electron chi connectivity index (χ4n) is 7.14. The predicted molar refractivity (Wildman–Crippen MR) is 129 cm³/mol. The van der Waals surface area contributed by atoms with Crippen LogP contribution < -0.4 is 9.47 Å². The Bertz CT molecular complexity index is 1400. The second-order valence-electron chi connectivity index (χ2n) is 10.2. The molecule has 3 aliphatic rings. The third-order valence-electron chi connectivity index (χ3n) is 8.65. The Kier molecular flexibility index (Phi) is 3.49. The zero-order valence-electron chi connectivity index (χ0n) is 18.7. The molecule has 4 aromatic rings. The third-order valence-corrected chi connectivity index (χ3v) is 8.65. The summed E-state index contributed by atoms with van der Waals surface area (Å²) in [5.41, 5.74) is 8.41. The summed E-state index contributed by atoms with van der Waals surface area (Å²) in [4.78, 5) is 2.46. The largest absolute Gasteiger partial charge is 0.343 e. The highest BCUT2D eigenvalue weighted by atomic mass is 15.1. The van der Waals surface area contributed by atoms with Crippen molar-refractivity contribution in [3.05, 3.63) is 65.9 Å². The number of aromatic nitrogens is 1. The van der Waals surface area contributed by atoms with Crippen LogP contribution in [0.15, 0.2) is 54.7 Å². The molecular formula is C29H29N2+. The molecule has 3 aromatic carbocycles. The minimum atomic E-state index is 0.755. The molecule has 2 nitrogen and oxygen atoms in total. The maximum Gasteiger partial charge on any atom is 0.224 e. The molecule has 1 aliphatic heterocycles. The fraction of sp³-hybridized carbons (Fsp3) is 0.345. The quantitative estimate of drug-likeness (QED) is 0.317. The van der Waals surface area contributed by atoms with Gasteiger partial charge in [0.05, 0.1) is 22.3 Å². The van der Waals surface area contributed by atoms with Crippen molar-refractivity contribution in [3.8, 4) is 11.3 Å². The molecule has 2 heteroatoms. The van der Waals surface area contributed by atoms with Crippen LogP contribution in [-0.2, 0) is 7.05 Å². The number of rotatable bonds is 1. The topological polar surface area (TPSA) is 7.12 Å². The van der Waals surface area contributed by atoms with Gasteiger partial charge in [-0.2, -0.15) is 0 Å². The lowest BCUT2D eigenvalue weighted by Gasteiger charge is -2.32. The van der Waals surface area contributed by atoms with E-state index in [1.807, 2.05) is 0 Å². The molecule has 0 spiro atoms. The minimum absolute atomic E-state index is 0.755. The van der Waals surface area contributed by atoms with Gasteiger partial charge in [0.15, 0.2) is 6.20 Å². The molecule has 2 heterocycles. The monoisotopic (exact) mass is 405 g/mol. The molecule has 0 radical (unpaired) electrons. The van der Waals surface area contributed by atoms with E-state index >= 15 is 0 Å². The molecule has 2 aliphatic carbocycles. The van der Waals surface area contributed by atoms with Crippen molar-refractivity contribution in [2.24, 2.45) is 18.9 Å². The average molecular weight is 406 g/mol. The lowest BCUT2D eigenvalue weighted by Crippen LogP contribution is -2.33. The molecule has 154 valence electrons. The molecule has 31 heavy (non-hydrogen) atoms. The van der Waals surface area contributed by atoms with Crippen molar-refractivity contribution in [3.63, 3.8) is 0 Å². The molecule has 0 N–H and O–H groups in total. The van der Waals surface area contributed by atoms with E-state index in [0.717, 1.165) is 17.8 Å². The number of fused-ring (bicyclic) bond motifs is 5. The normalized spacial score (nSPS) is 23.7. The highest BCUT2D eigenvalue weighted by molar-refractivity contribution is 6.13. The van der Waals surface area contributed by atoms with Gasteiger partial charge in [-0.05, 0) is 83.4 Å². The summed E-state index contributed by atoms with van der Waals surface area (Å²) in [5.74, 6) is 2.63. The average Bonchev–Trinajstić information content (AvgIpc) is 3.42. The Morgan fingerprint density at radius 2 is 1.81 bits per heavy atom. The van der Waals surface area contributed by atoms with Crippen molar-refractivity contribution < 1.29 is 4.57 Å². The van der Waals surface area contributed by atoms with Crippen molar-refractivity contribution in [2.45, 2.75) is 38.5 Å². The van der Waals surface area contributed by atoms with Crippen LogP contribution in [0.25, 0.3) is 32.8 Å². The van der Waals surface area contributed by atoms with Crippen LogP contribution in [0.2, 0.25) is 0 Å². The van der Waals surface area contributed by atoms with Crippen molar-refractivity contribution >= 4 is 32.9 Å². The minimum Gasteiger partial charge on any atom is -0.343 e. The van der Waals surface area contributed by atoms with E-state index in [2.05, 4.69) is 85.2 Å². The number of hydrogen-bond acceptors (Lipinski definition) is 1. The Labute approximate surface area is 184 Å². The first-order valence-electron chi connectivity index (χ1n) is 11.8. The smallest absolute Gasteiger partial charge is 0.224 e. The maximum atomic E-state index is 2.53. The molecule has 3 atom stereocenters. The lowest BCUT2D eigenvalue weighted by molar-refractivity contribution is -0.659. The van der Waals surface area contributed by atoms with E-state index in [1.54, 1.807) is 5.56 Å². The Morgan fingerprint density at radius 3 is 2.61 bits per heavy atom. The molecule has 3 unspecified atom stereocenters. The standard InChI is InChI=1S/C29H29N2/c1-17-23-7-5-4-6-19(23)15-25-27(17)29-28-21(10-11-30(29)2)14-22(16-26(28)31(25)3)24-13-18-8-9-20(24)12-18/h4-7,10-11,14-16,18,20,24H,8-9,12-13H2,1-3H3/q+1. The van der Waals surface area contributed by atoms with Gasteiger partial charge in [0, 0.05) is 13.1 Å². The zero-order chi connectivity index (χ0) is 20.9. The number of nitrogens with zero attached hydrogens (tertiary/aromatic N) is 2. The van der Waals surface area contributed by atoms with E-state index in [1.165, 1.54) is 75.4 Å². The first kappa shape index (κ1) is 17.8. The summed E-state index contributed by atoms with van der Waals surface area (Å²) < 4.78 is 2.33. The van der Waals surface area contributed by atoms with Crippen molar-refractivity contribution in [2.75, 3.05) is 11.9 Å². The molecule has 0 amide bonds. The molecule has 0 saturated heterocycles. The van der Waals surface area contributed by atoms with Crippen LogP contribution in [0.3, 0.4) is 0 Å². The lowest BCUT2D eigenvalue weighted by atomic mass is 9.81. The SMILES string of the molecule is Cc1c2c(cc3ccccc13)N(C)c1cc(C3CC4CCC3C4)cc3cc[n+](C)c-2c13. The van der Waals surface area contributed by atoms with Crippen molar-refractivity contribution in [1.82, 2.24) is 0 Å². The zero-order valence-corrected chi connectivity index (χ0v) is 18.7. The second-order valence-corrected chi connectivity index (χ2v) is 10.2. The Morgan fingerprint density at radius 1 is 0.935 bits per heavy atom. The van der Waals surface area contributed by atoms with Gasteiger partial charge in [-0.3, -0.25) is 0 Å². The van der Waals surface area contributed by atoms with Crippen LogP contribution >= 0.6 is 0 Å². The number of pyridine rings is 1. The second kappa shape index (κ2) is 6.09. The Hall–Kier alpha value is -2.87. The van der Waals surface area contributed by atoms with E-state index in [0.29, 0.717) is 0 Å². The summed E-state index contributed by atoms with van der Waals surface area (Å²) in [7, 11) is 4.47. The summed E-state index contributed by atoms with van der Waals surface area (Å²) in [6, 6.07) is 18.6.